The van der Waals surface area contributed by atoms with Crippen LogP contribution in [0.1, 0.15) is 33.3 Å². The highest BCUT2D eigenvalue weighted by atomic mass is 32.2. The number of halogens is 3. The van der Waals surface area contributed by atoms with E-state index in [0.29, 0.717) is 11.2 Å². The molecular formula is C20H23BF3NO3S. The Hall–Kier alpha value is -1.68. The second-order valence-electron chi connectivity index (χ2n) is 7.72. The van der Waals surface area contributed by atoms with E-state index in [-0.39, 0.29) is 5.75 Å². The van der Waals surface area contributed by atoms with Crippen molar-refractivity contribution in [2.24, 2.45) is 0 Å². The zero-order valence-corrected chi connectivity index (χ0v) is 17.7. The van der Waals surface area contributed by atoms with Gasteiger partial charge in [0.05, 0.1) is 16.8 Å². The van der Waals surface area contributed by atoms with Crippen LogP contribution in [0.2, 0.25) is 0 Å². The predicted molar refractivity (Wildman–Crippen MR) is 109 cm³/mol. The van der Waals surface area contributed by atoms with Gasteiger partial charge in [-0.3, -0.25) is 4.72 Å². The van der Waals surface area contributed by atoms with E-state index in [9.17, 15) is 13.2 Å². The lowest BCUT2D eigenvalue weighted by Crippen LogP contribution is -2.41. The van der Waals surface area contributed by atoms with Crippen molar-refractivity contribution in [3.63, 3.8) is 0 Å². The largest absolute Gasteiger partial charge is 0.498 e. The molecule has 0 spiro atoms. The molecule has 2 aromatic rings. The fourth-order valence-electron chi connectivity index (χ4n) is 2.82. The van der Waals surface area contributed by atoms with Crippen molar-refractivity contribution in [1.82, 2.24) is 4.72 Å². The Morgan fingerprint density at radius 3 is 2.24 bits per heavy atom. The van der Waals surface area contributed by atoms with Crippen LogP contribution in [0.4, 0.5) is 13.2 Å². The van der Waals surface area contributed by atoms with Crippen LogP contribution in [0, 0.1) is 0 Å². The molecule has 0 radical (unpaired) electrons. The number of ether oxygens (including phenoxy) is 1. The number of alkyl halides is 3. The van der Waals surface area contributed by atoms with Crippen LogP contribution < -0.4 is 14.9 Å². The Kier molecular flexibility index (Phi) is 5.97. The minimum atomic E-state index is -4.44. The standard InChI is InChI=1S/C20H23BF3NO3S/c1-18(2)19(3,4)28-21(27-18)16-12-15(29-25-5)9-10-17(16)26-14-8-6-7-13(11-14)20(22,23)24/h6-12,25H,1-5H3. The fourth-order valence-corrected chi connectivity index (χ4v) is 3.38. The van der Waals surface area contributed by atoms with Crippen molar-refractivity contribution < 1.29 is 27.2 Å². The zero-order valence-electron chi connectivity index (χ0n) is 16.9. The lowest BCUT2D eigenvalue weighted by Gasteiger charge is -2.32. The maximum absolute atomic E-state index is 13.0. The summed E-state index contributed by atoms with van der Waals surface area (Å²) in [5.74, 6) is 0.467. The fraction of sp³-hybridized carbons (Fsp3) is 0.400. The van der Waals surface area contributed by atoms with E-state index in [4.69, 9.17) is 14.0 Å². The third kappa shape index (κ3) is 4.74. The van der Waals surface area contributed by atoms with E-state index in [1.807, 2.05) is 39.8 Å². The van der Waals surface area contributed by atoms with E-state index in [1.165, 1.54) is 24.1 Å². The first-order valence-corrected chi connectivity index (χ1v) is 9.93. The topological polar surface area (TPSA) is 39.7 Å². The highest BCUT2D eigenvalue weighted by Crippen LogP contribution is 2.38. The van der Waals surface area contributed by atoms with Crippen molar-refractivity contribution in [3.05, 3.63) is 48.0 Å². The molecule has 1 aliphatic rings. The van der Waals surface area contributed by atoms with Crippen LogP contribution in [0.5, 0.6) is 11.5 Å². The van der Waals surface area contributed by atoms with Gasteiger partial charge in [0.1, 0.15) is 11.5 Å². The van der Waals surface area contributed by atoms with Gasteiger partial charge in [-0.25, -0.2) is 0 Å². The maximum Gasteiger partial charge on any atom is 0.498 e. The highest BCUT2D eigenvalue weighted by molar-refractivity contribution is 7.97. The molecular weight excluding hydrogens is 402 g/mol. The SMILES string of the molecule is CNSc1ccc(Oc2cccc(C(F)(F)F)c2)c(B2OC(C)(C)C(C)(C)O2)c1. The molecule has 0 atom stereocenters. The van der Waals surface area contributed by atoms with E-state index in [0.717, 1.165) is 17.0 Å². The van der Waals surface area contributed by atoms with Gasteiger partial charge >= 0.3 is 13.3 Å². The molecule has 0 unspecified atom stereocenters. The number of hydrogen-bond acceptors (Lipinski definition) is 5. The lowest BCUT2D eigenvalue weighted by molar-refractivity contribution is -0.137. The van der Waals surface area contributed by atoms with Gasteiger partial charge in [0.15, 0.2) is 0 Å². The molecule has 9 heteroatoms. The van der Waals surface area contributed by atoms with Crippen molar-refractivity contribution in [2.45, 2.75) is 50.0 Å². The molecule has 1 saturated heterocycles. The van der Waals surface area contributed by atoms with Crippen molar-refractivity contribution >= 4 is 24.5 Å². The molecule has 1 N–H and O–H groups in total. The molecule has 1 heterocycles. The minimum Gasteiger partial charge on any atom is -0.458 e. The summed E-state index contributed by atoms with van der Waals surface area (Å²) in [6.45, 7) is 7.75. The Morgan fingerprint density at radius 1 is 1.00 bits per heavy atom. The summed E-state index contributed by atoms with van der Waals surface area (Å²) >= 11 is 1.40. The second kappa shape index (κ2) is 7.87. The Morgan fingerprint density at radius 2 is 1.66 bits per heavy atom. The highest BCUT2D eigenvalue weighted by Gasteiger charge is 2.52. The number of hydrogen-bond donors (Lipinski definition) is 1. The van der Waals surface area contributed by atoms with Gasteiger partial charge in [-0.2, -0.15) is 13.2 Å². The first-order valence-electron chi connectivity index (χ1n) is 9.11. The summed E-state index contributed by atoms with van der Waals surface area (Å²) in [5.41, 5.74) is -1.27. The molecule has 0 bridgehead atoms. The zero-order chi connectivity index (χ0) is 21.4. The number of benzene rings is 2. The predicted octanol–water partition coefficient (Wildman–Crippen LogP) is 5.02. The van der Waals surface area contributed by atoms with Crippen LogP contribution >= 0.6 is 11.9 Å². The molecule has 29 heavy (non-hydrogen) atoms. The van der Waals surface area contributed by atoms with Crippen LogP contribution in [0.15, 0.2) is 47.4 Å². The smallest absolute Gasteiger partial charge is 0.458 e. The normalized spacial score (nSPS) is 18.1. The van der Waals surface area contributed by atoms with Crippen LogP contribution in [-0.2, 0) is 15.5 Å². The van der Waals surface area contributed by atoms with Crippen LogP contribution in [0.25, 0.3) is 0 Å². The van der Waals surface area contributed by atoms with E-state index >= 15 is 0 Å². The van der Waals surface area contributed by atoms with Crippen molar-refractivity contribution in [1.29, 1.82) is 0 Å². The monoisotopic (exact) mass is 425 g/mol. The van der Waals surface area contributed by atoms with Gasteiger partial charge in [0.2, 0.25) is 0 Å². The molecule has 0 saturated carbocycles. The Balaban J connectivity index is 1.97. The average Bonchev–Trinajstić information content (AvgIpc) is 2.83. The van der Waals surface area contributed by atoms with Gasteiger partial charge in [0, 0.05) is 10.4 Å². The van der Waals surface area contributed by atoms with Crippen LogP contribution in [0.3, 0.4) is 0 Å². The molecule has 156 valence electrons. The summed E-state index contributed by atoms with van der Waals surface area (Å²) in [4.78, 5) is 0.897. The molecule has 0 aliphatic carbocycles. The molecule has 2 aromatic carbocycles. The number of rotatable bonds is 5. The quantitative estimate of drug-likeness (QED) is 0.538. The maximum atomic E-state index is 13.0. The van der Waals surface area contributed by atoms with Crippen molar-refractivity contribution in [3.8, 4) is 11.5 Å². The minimum absolute atomic E-state index is 0.0895. The second-order valence-corrected chi connectivity index (χ2v) is 8.81. The van der Waals surface area contributed by atoms with E-state index in [1.54, 1.807) is 13.1 Å². The van der Waals surface area contributed by atoms with Crippen LogP contribution in [-0.4, -0.2) is 25.4 Å². The van der Waals surface area contributed by atoms with Gasteiger partial charge in [-0.1, -0.05) is 6.07 Å². The molecule has 1 aliphatic heterocycles. The first kappa shape index (κ1) is 22.0. The summed E-state index contributed by atoms with van der Waals surface area (Å²) in [5, 5.41) is 0. The van der Waals surface area contributed by atoms with Gasteiger partial charge in [0.25, 0.3) is 0 Å². The third-order valence-electron chi connectivity index (χ3n) is 5.10. The summed E-state index contributed by atoms with van der Waals surface area (Å²) in [6.07, 6.45) is -4.44. The molecule has 0 amide bonds. The summed E-state index contributed by atoms with van der Waals surface area (Å²) in [6, 6.07) is 10.2. The van der Waals surface area contributed by atoms with Gasteiger partial charge < -0.3 is 14.0 Å². The lowest BCUT2D eigenvalue weighted by atomic mass is 9.78. The summed E-state index contributed by atoms with van der Waals surface area (Å²) < 4.78 is 60.2. The van der Waals surface area contributed by atoms with Gasteiger partial charge in [-0.05, 0) is 83.1 Å². The first-order chi connectivity index (χ1) is 13.4. The molecule has 1 fully saturated rings. The van der Waals surface area contributed by atoms with E-state index < -0.39 is 30.1 Å². The van der Waals surface area contributed by atoms with E-state index in [2.05, 4.69) is 4.72 Å². The average molecular weight is 425 g/mol. The molecule has 3 rings (SSSR count). The van der Waals surface area contributed by atoms with Crippen molar-refractivity contribution in [2.75, 3.05) is 7.05 Å². The Bertz CT molecular complexity index is 874. The molecule has 4 nitrogen and oxygen atoms in total. The number of nitrogens with one attached hydrogen (secondary N) is 1. The summed E-state index contributed by atoms with van der Waals surface area (Å²) in [7, 11) is 1.09. The molecule has 0 aromatic heterocycles. The van der Waals surface area contributed by atoms with Gasteiger partial charge in [-0.15, -0.1) is 0 Å². The Labute approximate surface area is 173 Å². The third-order valence-corrected chi connectivity index (χ3v) is 5.79.